The van der Waals surface area contributed by atoms with Crippen LogP contribution >= 0.6 is 0 Å². The standard InChI is InChI=1S/C15H15NO2/c1-11(17)16-8-2-4-12-10-13(6-7-14(12)16)15-5-3-9-18-15/h3,5-7,9-10H,2,4,8H2,1H3. The maximum atomic E-state index is 11.6. The first-order valence-electron chi connectivity index (χ1n) is 6.20. The van der Waals surface area contributed by atoms with Gasteiger partial charge in [0, 0.05) is 24.7 Å². The molecule has 18 heavy (non-hydrogen) atoms. The molecule has 2 aromatic rings. The SMILES string of the molecule is CC(=O)N1CCCc2cc(-c3ccco3)ccc21. The Bertz CT molecular complexity index is 572. The molecule has 0 saturated carbocycles. The van der Waals surface area contributed by atoms with Crippen LogP contribution in [0.5, 0.6) is 0 Å². The van der Waals surface area contributed by atoms with Crippen molar-refractivity contribution in [3.63, 3.8) is 0 Å². The number of nitrogens with zero attached hydrogens (tertiary/aromatic N) is 1. The summed E-state index contributed by atoms with van der Waals surface area (Å²) >= 11 is 0. The smallest absolute Gasteiger partial charge is 0.223 e. The van der Waals surface area contributed by atoms with Gasteiger partial charge < -0.3 is 9.32 Å². The van der Waals surface area contributed by atoms with E-state index in [0.29, 0.717) is 0 Å². The second kappa shape index (κ2) is 4.33. The van der Waals surface area contributed by atoms with Crippen molar-refractivity contribution in [1.82, 2.24) is 0 Å². The van der Waals surface area contributed by atoms with Gasteiger partial charge in [0.25, 0.3) is 0 Å². The molecule has 0 unspecified atom stereocenters. The van der Waals surface area contributed by atoms with Crippen molar-refractivity contribution in [2.75, 3.05) is 11.4 Å². The van der Waals surface area contributed by atoms with Crippen molar-refractivity contribution in [3.05, 3.63) is 42.2 Å². The Kier molecular flexibility index (Phi) is 2.67. The molecule has 0 radical (unpaired) electrons. The molecule has 0 atom stereocenters. The molecule has 2 heterocycles. The van der Waals surface area contributed by atoms with E-state index in [1.807, 2.05) is 29.2 Å². The number of carbonyl (C=O) groups is 1. The second-order valence-corrected chi connectivity index (χ2v) is 4.60. The quantitative estimate of drug-likeness (QED) is 0.768. The molecular weight excluding hydrogens is 226 g/mol. The Morgan fingerprint density at radius 2 is 2.22 bits per heavy atom. The molecule has 3 nitrogen and oxygen atoms in total. The molecule has 1 aromatic carbocycles. The Balaban J connectivity index is 2.03. The minimum atomic E-state index is 0.113. The number of carbonyl (C=O) groups excluding carboxylic acids is 1. The number of fused-ring (bicyclic) bond motifs is 1. The number of aryl methyl sites for hydroxylation is 1. The van der Waals surface area contributed by atoms with Gasteiger partial charge in [-0.1, -0.05) is 0 Å². The van der Waals surface area contributed by atoms with E-state index in [1.165, 1.54) is 5.56 Å². The van der Waals surface area contributed by atoms with Crippen LogP contribution in [-0.4, -0.2) is 12.5 Å². The first-order valence-corrected chi connectivity index (χ1v) is 6.20. The molecule has 0 saturated heterocycles. The third-order valence-electron chi connectivity index (χ3n) is 3.38. The first kappa shape index (κ1) is 11.1. The Labute approximate surface area is 106 Å². The summed E-state index contributed by atoms with van der Waals surface area (Å²) in [4.78, 5) is 13.4. The lowest BCUT2D eigenvalue weighted by molar-refractivity contribution is -0.116. The van der Waals surface area contributed by atoms with Crippen molar-refractivity contribution < 1.29 is 9.21 Å². The summed E-state index contributed by atoms with van der Waals surface area (Å²) in [5, 5.41) is 0. The Morgan fingerprint density at radius 1 is 1.33 bits per heavy atom. The van der Waals surface area contributed by atoms with Crippen molar-refractivity contribution in [1.29, 1.82) is 0 Å². The molecule has 0 spiro atoms. The van der Waals surface area contributed by atoms with Crippen LogP contribution in [0.15, 0.2) is 41.0 Å². The predicted molar refractivity (Wildman–Crippen MR) is 70.5 cm³/mol. The number of hydrogen-bond donors (Lipinski definition) is 0. The number of rotatable bonds is 1. The lowest BCUT2D eigenvalue weighted by Crippen LogP contribution is -2.33. The molecule has 1 amide bonds. The normalized spacial score (nSPS) is 14.4. The lowest BCUT2D eigenvalue weighted by atomic mass is 9.98. The van der Waals surface area contributed by atoms with Crippen LogP contribution < -0.4 is 4.90 Å². The lowest BCUT2D eigenvalue weighted by Gasteiger charge is -2.28. The molecule has 1 aromatic heterocycles. The zero-order valence-corrected chi connectivity index (χ0v) is 10.3. The maximum absolute atomic E-state index is 11.6. The van der Waals surface area contributed by atoms with Gasteiger partial charge >= 0.3 is 0 Å². The van der Waals surface area contributed by atoms with E-state index in [-0.39, 0.29) is 5.91 Å². The Hall–Kier alpha value is -2.03. The van der Waals surface area contributed by atoms with Gasteiger partial charge in [0.15, 0.2) is 0 Å². The third-order valence-corrected chi connectivity index (χ3v) is 3.38. The topological polar surface area (TPSA) is 33.5 Å². The van der Waals surface area contributed by atoms with Crippen molar-refractivity contribution in [2.24, 2.45) is 0 Å². The largest absolute Gasteiger partial charge is 0.464 e. The summed E-state index contributed by atoms with van der Waals surface area (Å²) in [5.41, 5.74) is 3.35. The third kappa shape index (κ3) is 1.82. The van der Waals surface area contributed by atoms with Gasteiger partial charge in [0.1, 0.15) is 5.76 Å². The van der Waals surface area contributed by atoms with Gasteiger partial charge in [-0.2, -0.15) is 0 Å². The van der Waals surface area contributed by atoms with E-state index in [0.717, 1.165) is 36.4 Å². The molecule has 0 fully saturated rings. The molecule has 1 aliphatic rings. The summed E-state index contributed by atoms with van der Waals surface area (Å²) < 4.78 is 5.40. The van der Waals surface area contributed by atoms with Gasteiger partial charge in [-0.05, 0) is 48.7 Å². The van der Waals surface area contributed by atoms with Gasteiger partial charge in [-0.15, -0.1) is 0 Å². The van der Waals surface area contributed by atoms with E-state index >= 15 is 0 Å². The average Bonchev–Trinajstić information content (AvgIpc) is 2.91. The highest BCUT2D eigenvalue weighted by Gasteiger charge is 2.20. The molecule has 3 heteroatoms. The fourth-order valence-electron chi connectivity index (χ4n) is 2.52. The zero-order valence-electron chi connectivity index (χ0n) is 10.3. The highest BCUT2D eigenvalue weighted by atomic mass is 16.3. The van der Waals surface area contributed by atoms with Gasteiger partial charge in [0.2, 0.25) is 5.91 Å². The van der Waals surface area contributed by atoms with Gasteiger partial charge in [0.05, 0.1) is 6.26 Å². The summed E-state index contributed by atoms with van der Waals surface area (Å²) in [6.07, 6.45) is 3.72. The molecule has 0 N–H and O–H groups in total. The number of benzene rings is 1. The fourth-order valence-corrected chi connectivity index (χ4v) is 2.52. The van der Waals surface area contributed by atoms with Crippen LogP contribution in [0.3, 0.4) is 0 Å². The van der Waals surface area contributed by atoms with Crippen molar-refractivity contribution >= 4 is 11.6 Å². The highest BCUT2D eigenvalue weighted by Crippen LogP contribution is 2.31. The number of furan rings is 1. The number of hydrogen-bond acceptors (Lipinski definition) is 2. The second-order valence-electron chi connectivity index (χ2n) is 4.60. The molecule has 92 valence electrons. The van der Waals surface area contributed by atoms with Gasteiger partial charge in [-0.3, -0.25) is 4.79 Å². The van der Waals surface area contributed by atoms with E-state index < -0.39 is 0 Å². The molecule has 3 rings (SSSR count). The summed E-state index contributed by atoms with van der Waals surface area (Å²) in [7, 11) is 0. The zero-order chi connectivity index (χ0) is 12.5. The average molecular weight is 241 g/mol. The Morgan fingerprint density at radius 3 is 2.94 bits per heavy atom. The molecular formula is C15H15NO2. The van der Waals surface area contributed by atoms with E-state index in [2.05, 4.69) is 6.07 Å². The molecule has 0 aliphatic carbocycles. The maximum Gasteiger partial charge on any atom is 0.223 e. The van der Waals surface area contributed by atoms with Crippen LogP contribution in [0, 0.1) is 0 Å². The van der Waals surface area contributed by atoms with Crippen molar-refractivity contribution in [3.8, 4) is 11.3 Å². The monoisotopic (exact) mass is 241 g/mol. The molecule has 0 bridgehead atoms. The summed E-state index contributed by atoms with van der Waals surface area (Å²) in [5.74, 6) is 0.986. The van der Waals surface area contributed by atoms with Crippen LogP contribution in [0.1, 0.15) is 18.9 Å². The summed E-state index contributed by atoms with van der Waals surface area (Å²) in [6, 6.07) is 10.00. The molecule has 1 aliphatic heterocycles. The van der Waals surface area contributed by atoms with Gasteiger partial charge in [-0.25, -0.2) is 0 Å². The summed E-state index contributed by atoms with van der Waals surface area (Å²) in [6.45, 7) is 2.44. The van der Waals surface area contributed by atoms with Crippen LogP contribution in [0.25, 0.3) is 11.3 Å². The van der Waals surface area contributed by atoms with Crippen LogP contribution in [-0.2, 0) is 11.2 Å². The minimum Gasteiger partial charge on any atom is -0.464 e. The minimum absolute atomic E-state index is 0.113. The van der Waals surface area contributed by atoms with Crippen LogP contribution in [0.2, 0.25) is 0 Å². The van der Waals surface area contributed by atoms with Crippen molar-refractivity contribution in [2.45, 2.75) is 19.8 Å². The first-order chi connectivity index (χ1) is 8.75. The number of anilines is 1. The van der Waals surface area contributed by atoms with E-state index in [9.17, 15) is 4.79 Å². The van der Waals surface area contributed by atoms with Crippen LogP contribution in [0.4, 0.5) is 5.69 Å². The van der Waals surface area contributed by atoms with E-state index in [1.54, 1.807) is 13.2 Å². The number of amides is 1. The highest BCUT2D eigenvalue weighted by molar-refractivity contribution is 5.93. The predicted octanol–water partition coefficient (Wildman–Crippen LogP) is 3.25. The fraction of sp³-hybridized carbons (Fsp3) is 0.267. The van der Waals surface area contributed by atoms with E-state index in [4.69, 9.17) is 4.42 Å².